The maximum Gasteiger partial charge on any atom is 0.291 e. The number of carbonyl (C=O) groups is 1. The normalized spacial score (nSPS) is 31.7. The van der Waals surface area contributed by atoms with E-state index in [4.69, 9.17) is 0 Å². The molecule has 4 atom stereocenters. The van der Waals surface area contributed by atoms with Gasteiger partial charge in [0.15, 0.2) is 0 Å². The van der Waals surface area contributed by atoms with Gasteiger partial charge in [-0.1, -0.05) is 13.8 Å². The summed E-state index contributed by atoms with van der Waals surface area (Å²) in [5, 5.41) is 17.7. The van der Waals surface area contributed by atoms with Gasteiger partial charge in [-0.05, 0) is 38.3 Å². The van der Waals surface area contributed by atoms with Crippen molar-refractivity contribution in [3.8, 4) is 0 Å². The lowest BCUT2D eigenvalue weighted by Crippen LogP contribution is -2.64. The third kappa shape index (κ3) is 2.68. The Kier molecular flexibility index (Phi) is 4.00. The van der Waals surface area contributed by atoms with Crippen LogP contribution in [0.3, 0.4) is 0 Å². The van der Waals surface area contributed by atoms with E-state index in [9.17, 15) is 9.90 Å². The number of rotatable bonds is 3. The Bertz CT molecular complexity index is 845. The molecular formula is C18H26N6O2. The van der Waals surface area contributed by atoms with Crippen LogP contribution in [0.5, 0.6) is 0 Å². The van der Waals surface area contributed by atoms with E-state index in [2.05, 4.69) is 46.2 Å². The number of nitrogens with one attached hydrogen (secondary N) is 1. The molecule has 1 spiro atoms. The fraction of sp³-hybridized carbons (Fsp3) is 0.667. The Hall–Kier alpha value is -2.06. The summed E-state index contributed by atoms with van der Waals surface area (Å²) in [6.07, 6.45) is 4.45. The van der Waals surface area contributed by atoms with Gasteiger partial charge in [0.1, 0.15) is 0 Å². The Morgan fingerprint density at radius 3 is 2.88 bits per heavy atom. The Morgan fingerprint density at radius 2 is 2.19 bits per heavy atom. The average Bonchev–Trinajstić information content (AvgIpc) is 3.08. The molecule has 0 aromatic carbocycles. The van der Waals surface area contributed by atoms with E-state index in [1.54, 1.807) is 12.4 Å². The second-order valence-electron chi connectivity index (χ2n) is 8.33. The minimum Gasteiger partial charge on any atom is -0.391 e. The summed E-state index contributed by atoms with van der Waals surface area (Å²) in [6, 6.07) is 0.179. The molecule has 2 unspecified atom stereocenters. The third-order valence-electron chi connectivity index (χ3n) is 5.85. The SMILES string of the molecule is Cc1cnc2nc(C(=O)N[C@@H]3CC4(C[C@H]3O)CN(C)C4C(C)C)nn2c1. The van der Waals surface area contributed by atoms with Crippen LogP contribution < -0.4 is 5.32 Å². The molecule has 8 nitrogen and oxygen atoms in total. The molecule has 26 heavy (non-hydrogen) atoms. The second kappa shape index (κ2) is 5.99. The predicted octanol–water partition coefficient (Wildman–Crippen LogP) is 0.642. The Labute approximate surface area is 152 Å². The number of carbonyl (C=O) groups excluding carboxylic acids is 1. The Balaban J connectivity index is 1.49. The van der Waals surface area contributed by atoms with Crippen molar-refractivity contribution in [1.82, 2.24) is 29.8 Å². The van der Waals surface area contributed by atoms with Crippen LogP contribution in [0.4, 0.5) is 0 Å². The largest absolute Gasteiger partial charge is 0.391 e. The molecule has 1 amide bonds. The van der Waals surface area contributed by atoms with Crippen molar-refractivity contribution in [2.24, 2.45) is 11.3 Å². The van der Waals surface area contributed by atoms with Gasteiger partial charge in [0.25, 0.3) is 11.7 Å². The number of hydrogen-bond acceptors (Lipinski definition) is 6. The van der Waals surface area contributed by atoms with E-state index in [0.29, 0.717) is 17.7 Å². The first-order chi connectivity index (χ1) is 12.3. The molecule has 4 rings (SSSR count). The van der Waals surface area contributed by atoms with Crippen LogP contribution in [0.1, 0.15) is 42.9 Å². The smallest absolute Gasteiger partial charge is 0.291 e. The maximum atomic E-state index is 12.6. The molecule has 0 bridgehead atoms. The van der Waals surface area contributed by atoms with Crippen LogP contribution in [0, 0.1) is 18.3 Å². The highest BCUT2D eigenvalue weighted by Crippen LogP contribution is 2.52. The van der Waals surface area contributed by atoms with E-state index in [0.717, 1.165) is 24.9 Å². The molecule has 2 aliphatic rings. The summed E-state index contributed by atoms with van der Waals surface area (Å²) in [7, 11) is 2.13. The summed E-state index contributed by atoms with van der Waals surface area (Å²) < 4.78 is 1.51. The number of nitrogens with zero attached hydrogens (tertiary/aromatic N) is 5. The fourth-order valence-electron chi connectivity index (χ4n) is 5.20. The highest BCUT2D eigenvalue weighted by Gasteiger charge is 2.58. The van der Waals surface area contributed by atoms with Gasteiger partial charge in [-0.3, -0.25) is 4.79 Å². The average molecular weight is 358 g/mol. The van der Waals surface area contributed by atoms with Crippen molar-refractivity contribution in [2.45, 2.75) is 51.8 Å². The van der Waals surface area contributed by atoms with Crippen LogP contribution in [0.2, 0.25) is 0 Å². The fourth-order valence-corrected chi connectivity index (χ4v) is 5.20. The van der Waals surface area contributed by atoms with Gasteiger partial charge in [0, 0.05) is 30.4 Å². The number of aliphatic hydroxyl groups excluding tert-OH is 1. The number of likely N-dealkylation sites (tertiary alicyclic amines) is 1. The predicted molar refractivity (Wildman–Crippen MR) is 95.7 cm³/mol. The number of aromatic nitrogens is 4. The van der Waals surface area contributed by atoms with Crippen molar-refractivity contribution >= 4 is 11.7 Å². The van der Waals surface area contributed by atoms with Crippen molar-refractivity contribution in [2.75, 3.05) is 13.6 Å². The van der Waals surface area contributed by atoms with E-state index in [1.165, 1.54) is 4.52 Å². The van der Waals surface area contributed by atoms with Crippen LogP contribution in [-0.4, -0.2) is 67.3 Å². The molecule has 2 aromatic heterocycles. The monoisotopic (exact) mass is 358 g/mol. The molecule has 3 heterocycles. The number of fused-ring (bicyclic) bond motifs is 1. The van der Waals surface area contributed by atoms with Crippen molar-refractivity contribution < 1.29 is 9.90 Å². The van der Waals surface area contributed by atoms with Gasteiger partial charge < -0.3 is 15.3 Å². The van der Waals surface area contributed by atoms with Gasteiger partial charge in [-0.25, -0.2) is 9.50 Å². The van der Waals surface area contributed by atoms with Crippen LogP contribution in [0.15, 0.2) is 12.4 Å². The summed E-state index contributed by atoms with van der Waals surface area (Å²) in [5.41, 5.74) is 1.03. The van der Waals surface area contributed by atoms with Crippen LogP contribution in [-0.2, 0) is 0 Å². The number of aliphatic hydroxyl groups is 1. The summed E-state index contributed by atoms with van der Waals surface area (Å²) in [6.45, 7) is 7.31. The number of amides is 1. The highest BCUT2D eigenvalue weighted by atomic mass is 16.3. The van der Waals surface area contributed by atoms with Gasteiger partial charge in [0.05, 0.1) is 12.1 Å². The first-order valence-corrected chi connectivity index (χ1v) is 9.17. The maximum absolute atomic E-state index is 12.6. The van der Waals surface area contributed by atoms with Crippen molar-refractivity contribution in [3.05, 3.63) is 23.8 Å². The zero-order valence-corrected chi connectivity index (χ0v) is 15.7. The van der Waals surface area contributed by atoms with Gasteiger partial charge in [0.2, 0.25) is 5.82 Å². The highest BCUT2D eigenvalue weighted by molar-refractivity contribution is 5.91. The second-order valence-corrected chi connectivity index (χ2v) is 8.33. The molecule has 2 fully saturated rings. The molecule has 1 aliphatic heterocycles. The molecular weight excluding hydrogens is 332 g/mol. The van der Waals surface area contributed by atoms with Crippen LogP contribution >= 0.6 is 0 Å². The van der Waals surface area contributed by atoms with Gasteiger partial charge in [-0.2, -0.15) is 4.98 Å². The molecule has 1 aliphatic carbocycles. The molecule has 1 saturated heterocycles. The molecule has 1 saturated carbocycles. The zero-order chi connectivity index (χ0) is 18.6. The minimum absolute atomic E-state index is 0.0855. The molecule has 2 aromatic rings. The number of hydrogen-bond donors (Lipinski definition) is 2. The molecule has 140 valence electrons. The van der Waals surface area contributed by atoms with Gasteiger partial charge in [-0.15, -0.1) is 5.10 Å². The lowest BCUT2D eigenvalue weighted by Gasteiger charge is -2.57. The molecule has 2 N–H and O–H groups in total. The van der Waals surface area contributed by atoms with Gasteiger partial charge >= 0.3 is 0 Å². The lowest BCUT2D eigenvalue weighted by molar-refractivity contribution is -0.0827. The topological polar surface area (TPSA) is 95.6 Å². The minimum atomic E-state index is -0.536. The summed E-state index contributed by atoms with van der Waals surface area (Å²) in [4.78, 5) is 23.3. The summed E-state index contributed by atoms with van der Waals surface area (Å²) >= 11 is 0. The first-order valence-electron chi connectivity index (χ1n) is 9.17. The van der Waals surface area contributed by atoms with E-state index in [-0.39, 0.29) is 23.2 Å². The molecule has 0 radical (unpaired) electrons. The standard InChI is InChI=1S/C18H26N6O2/c1-10(2)14-18(9-23(14)4)5-12(13(25)6-18)20-16(26)15-21-17-19-7-11(3)8-24(17)22-15/h7-8,10,12-14,25H,5-6,9H2,1-4H3,(H,20,26)/t12-,13-,14?,18?/m1/s1. The lowest BCUT2D eigenvalue weighted by atomic mass is 9.66. The third-order valence-corrected chi connectivity index (χ3v) is 5.85. The van der Waals surface area contributed by atoms with Crippen LogP contribution in [0.25, 0.3) is 5.78 Å². The molecule has 8 heteroatoms. The summed E-state index contributed by atoms with van der Waals surface area (Å²) in [5.74, 6) is 0.639. The number of aryl methyl sites for hydroxylation is 1. The van der Waals surface area contributed by atoms with Crippen molar-refractivity contribution in [1.29, 1.82) is 0 Å². The van der Waals surface area contributed by atoms with E-state index in [1.807, 2.05) is 6.92 Å². The Morgan fingerprint density at radius 1 is 1.42 bits per heavy atom. The quantitative estimate of drug-likeness (QED) is 0.836. The van der Waals surface area contributed by atoms with E-state index < -0.39 is 6.10 Å². The zero-order valence-electron chi connectivity index (χ0n) is 15.7. The van der Waals surface area contributed by atoms with E-state index >= 15 is 0 Å². The van der Waals surface area contributed by atoms with Crippen molar-refractivity contribution in [3.63, 3.8) is 0 Å². The first kappa shape index (κ1) is 17.4.